The van der Waals surface area contributed by atoms with E-state index in [2.05, 4.69) is 27.8 Å². The van der Waals surface area contributed by atoms with E-state index in [9.17, 15) is 4.79 Å². The Morgan fingerprint density at radius 1 is 1.30 bits per heavy atom. The van der Waals surface area contributed by atoms with Crippen molar-refractivity contribution in [3.63, 3.8) is 0 Å². The zero-order chi connectivity index (χ0) is 19.3. The molecule has 1 aromatic carbocycles. The summed E-state index contributed by atoms with van der Waals surface area (Å²) < 4.78 is 12.1. The number of benzene rings is 1. The van der Waals surface area contributed by atoms with Crippen LogP contribution in [0.2, 0.25) is 0 Å². The van der Waals surface area contributed by atoms with Gasteiger partial charge < -0.3 is 9.47 Å². The van der Waals surface area contributed by atoms with Gasteiger partial charge in [0.1, 0.15) is 5.75 Å². The molecule has 0 atom stereocenters. The van der Waals surface area contributed by atoms with Crippen LogP contribution >= 0.6 is 0 Å². The van der Waals surface area contributed by atoms with Crippen molar-refractivity contribution in [1.82, 2.24) is 25.5 Å². The molecule has 8 heteroatoms. The highest BCUT2D eigenvalue weighted by Crippen LogP contribution is 2.39. The second-order valence-corrected chi connectivity index (χ2v) is 7.04. The van der Waals surface area contributed by atoms with E-state index in [0.717, 1.165) is 42.9 Å². The Kier molecular flexibility index (Phi) is 6.05. The lowest BCUT2D eigenvalue weighted by Gasteiger charge is -2.38. The summed E-state index contributed by atoms with van der Waals surface area (Å²) in [6, 6.07) is 7.59. The number of carbonyl (C=O) groups is 1. The molecule has 1 fully saturated rings. The van der Waals surface area contributed by atoms with Crippen LogP contribution in [0, 0.1) is 5.92 Å². The van der Waals surface area contributed by atoms with Gasteiger partial charge in [0, 0.05) is 0 Å². The van der Waals surface area contributed by atoms with Gasteiger partial charge in [0.2, 0.25) is 0 Å². The number of esters is 1. The van der Waals surface area contributed by atoms with Gasteiger partial charge in [0.15, 0.2) is 5.82 Å². The van der Waals surface area contributed by atoms with Crippen LogP contribution in [0.15, 0.2) is 24.3 Å². The summed E-state index contributed by atoms with van der Waals surface area (Å²) in [5.74, 6) is 1.88. The lowest BCUT2D eigenvalue weighted by atomic mass is 9.76. The van der Waals surface area contributed by atoms with Crippen molar-refractivity contribution in [2.75, 3.05) is 20.3 Å². The van der Waals surface area contributed by atoms with E-state index < -0.39 is 5.54 Å². The molecule has 0 aliphatic heterocycles. The standard InChI is InChI=1S/C19H27N5O3/c1-4-27-17(25)13-20-19(11-9-14(2)10-12-19)18-21-22-23-24(18)15-5-7-16(26-3)8-6-15/h5-8,14,20H,4,9-13H2,1-3H3. The lowest BCUT2D eigenvalue weighted by Crippen LogP contribution is -2.49. The molecule has 27 heavy (non-hydrogen) atoms. The number of nitrogens with one attached hydrogen (secondary N) is 1. The van der Waals surface area contributed by atoms with Crippen LogP contribution in [-0.2, 0) is 15.1 Å². The summed E-state index contributed by atoms with van der Waals surface area (Å²) >= 11 is 0. The first-order chi connectivity index (χ1) is 13.1. The van der Waals surface area contributed by atoms with E-state index in [-0.39, 0.29) is 12.5 Å². The van der Waals surface area contributed by atoms with Crippen molar-refractivity contribution in [2.24, 2.45) is 5.92 Å². The summed E-state index contributed by atoms with van der Waals surface area (Å²) in [4.78, 5) is 11.9. The molecule has 0 unspecified atom stereocenters. The average molecular weight is 373 g/mol. The highest BCUT2D eigenvalue weighted by molar-refractivity contribution is 5.71. The summed E-state index contributed by atoms with van der Waals surface area (Å²) in [6.07, 6.45) is 3.82. The fourth-order valence-electron chi connectivity index (χ4n) is 3.57. The Balaban J connectivity index is 1.90. The van der Waals surface area contributed by atoms with Gasteiger partial charge in [-0.3, -0.25) is 10.1 Å². The Morgan fingerprint density at radius 2 is 2.00 bits per heavy atom. The fraction of sp³-hybridized carbons (Fsp3) is 0.579. The maximum atomic E-state index is 11.9. The van der Waals surface area contributed by atoms with Gasteiger partial charge in [-0.15, -0.1) is 5.10 Å². The maximum Gasteiger partial charge on any atom is 0.319 e. The molecule has 8 nitrogen and oxygen atoms in total. The largest absolute Gasteiger partial charge is 0.497 e. The van der Waals surface area contributed by atoms with Gasteiger partial charge in [-0.05, 0) is 73.2 Å². The van der Waals surface area contributed by atoms with Crippen LogP contribution in [0.25, 0.3) is 5.69 Å². The number of hydrogen-bond donors (Lipinski definition) is 1. The van der Waals surface area contributed by atoms with Crippen molar-refractivity contribution in [3.05, 3.63) is 30.1 Å². The highest BCUT2D eigenvalue weighted by atomic mass is 16.5. The molecule has 1 aliphatic rings. The molecule has 0 bridgehead atoms. The number of carbonyl (C=O) groups excluding carboxylic acids is 1. The van der Waals surface area contributed by atoms with E-state index in [1.54, 1.807) is 18.7 Å². The number of methoxy groups -OCH3 is 1. The van der Waals surface area contributed by atoms with E-state index in [1.807, 2.05) is 24.3 Å². The normalized spacial score (nSPS) is 22.4. The molecule has 1 aromatic heterocycles. The van der Waals surface area contributed by atoms with E-state index in [4.69, 9.17) is 9.47 Å². The van der Waals surface area contributed by atoms with Gasteiger partial charge in [-0.2, -0.15) is 4.68 Å². The van der Waals surface area contributed by atoms with Crippen molar-refractivity contribution in [1.29, 1.82) is 0 Å². The molecular weight excluding hydrogens is 346 g/mol. The number of nitrogens with zero attached hydrogens (tertiary/aromatic N) is 4. The zero-order valence-electron chi connectivity index (χ0n) is 16.1. The molecule has 0 spiro atoms. The van der Waals surface area contributed by atoms with Crippen LogP contribution < -0.4 is 10.1 Å². The number of hydrogen-bond acceptors (Lipinski definition) is 7. The molecular formula is C19H27N5O3. The molecule has 0 amide bonds. The van der Waals surface area contributed by atoms with Crippen LogP contribution in [0.4, 0.5) is 0 Å². The van der Waals surface area contributed by atoms with Crippen LogP contribution in [-0.4, -0.2) is 46.4 Å². The van der Waals surface area contributed by atoms with E-state index in [1.165, 1.54) is 0 Å². The lowest BCUT2D eigenvalue weighted by molar-refractivity contribution is -0.142. The first-order valence-electron chi connectivity index (χ1n) is 9.42. The smallest absolute Gasteiger partial charge is 0.319 e. The molecule has 3 rings (SSSR count). The van der Waals surface area contributed by atoms with Gasteiger partial charge in [0.05, 0.1) is 31.5 Å². The Labute approximate surface area is 159 Å². The van der Waals surface area contributed by atoms with E-state index >= 15 is 0 Å². The summed E-state index contributed by atoms with van der Waals surface area (Å²) in [6.45, 7) is 4.56. The van der Waals surface area contributed by atoms with Crippen LogP contribution in [0.5, 0.6) is 5.75 Å². The number of aromatic nitrogens is 4. The monoisotopic (exact) mass is 373 g/mol. The minimum atomic E-state index is -0.456. The SMILES string of the molecule is CCOC(=O)CNC1(c2nnnn2-c2ccc(OC)cc2)CCC(C)CC1. The predicted molar refractivity (Wildman–Crippen MR) is 99.7 cm³/mol. The van der Waals surface area contributed by atoms with Gasteiger partial charge in [0.25, 0.3) is 0 Å². The van der Waals surface area contributed by atoms with Crippen LogP contribution in [0.3, 0.4) is 0 Å². The number of tetrazole rings is 1. The Hall–Kier alpha value is -2.48. The maximum absolute atomic E-state index is 11.9. The first-order valence-corrected chi connectivity index (χ1v) is 9.42. The second-order valence-electron chi connectivity index (χ2n) is 7.04. The molecule has 0 radical (unpaired) electrons. The van der Waals surface area contributed by atoms with Gasteiger partial charge in [-0.1, -0.05) is 6.92 Å². The molecule has 1 heterocycles. The van der Waals surface area contributed by atoms with Crippen molar-refractivity contribution < 1.29 is 14.3 Å². The molecule has 0 saturated heterocycles. The first kappa shape index (κ1) is 19.3. The third-order valence-corrected chi connectivity index (χ3v) is 5.22. The average Bonchev–Trinajstić information content (AvgIpc) is 3.19. The van der Waals surface area contributed by atoms with E-state index in [0.29, 0.717) is 12.5 Å². The Bertz CT molecular complexity index is 751. The predicted octanol–water partition coefficient (Wildman–Crippen LogP) is 2.23. The minimum absolute atomic E-state index is 0.137. The quantitative estimate of drug-likeness (QED) is 0.744. The fourth-order valence-corrected chi connectivity index (χ4v) is 3.57. The van der Waals surface area contributed by atoms with Crippen molar-refractivity contribution >= 4 is 5.97 Å². The molecule has 1 aliphatic carbocycles. The topological polar surface area (TPSA) is 91.2 Å². The third-order valence-electron chi connectivity index (χ3n) is 5.22. The molecule has 146 valence electrons. The van der Waals surface area contributed by atoms with Crippen LogP contribution in [0.1, 0.15) is 45.4 Å². The third kappa shape index (κ3) is 4.27. The zero-order valence-corrected chi connectivity index (χ0v) is 16.1. The second kappa shape index (κ2) is 8.47. The number of rotatable bonds is 7. The molecule has 2 aromatic rings. The summed E-state index contributed by atoms with van der Waals surface area (Å²) in [7, 11) is 1.63. The minimum Gasteiger partial charge on any atom is -0.497 e. The Morgan fingerprint density at radius 3 is 2.63 bits per heavy atom. The van der Waals surface area contributed by atoms with Crippen molar-refractivity contribution in [3.8, 4) is 11.4 Å². The summed E-state index contributed by atoms with van der Waals surface area (Å²) in [5.41, 5.74) is 0.398. The number of ether oxygens (including phenoxy) is 2. The molecule has 1 N–H and O–H groups in total. The van der Waals surface area contributed by atoms with Gasteiger partial charge >= 0.3 is 5.97 Å². The van der Waals surface area contributed by atoms with Crippen molar-refractivity contribution in [2.45, 2.75) is 45.1 Å². The summed E-state index contributed by atoms with van der Waals surface area (Å²) in [5, 5.41) is 15.9. The highest BCUT2D eigenvalue weighted by Gasteiger charge is 2.40. The van der Waals surface area contributed by atoms with Gasteiger partial charge in [-0.25, -0.2) is 0 Å². The molecule has 1 saturated carbocycles.